The first-order valence-corrected chi connectivity index (χ1v) is 7.13. The SMILES string of the molecule is C1CCC([C@H]2[NH2+]CC[NH+]3CCC[C@@H]23)CC1. The molecule has 3 aliphatic rings. The van der Waals surface area contributed by atoms with Gasteiger partial charge in [0.2, 0.25) is 0 Å². The second-order valence-electron chi connectivity index (χ2n) is 5.91. The molecule has 0 amide bonds. The summed E-state index contributed by atoms with van der Waals surface area (Å²) in [5.74, 6) is 1.07. The highest BCUT2D eigenvalue weighted by molar-refractivity contribution is 4.81. The fraction of sp³-hybridized carbons (Fsp3) is 1.00. The van der Waals surface area contributed by atoms with Gasteiger partial charge < -0.3 is 10.2 Å². The van der Waals surface area contributed by atoms with Gasteiger partial charge in [0.1, 0.15) is 25.2 Å². The van der Waals surface area contributed by atoms with Crippen LogP contribution in [0.4, 0.5) is 0 Å². The van der Waals surface area contributed by atoms with Gasteiger partial charge in [0.15, 0.2) is 0 Å². The van der Waals surface area contributed by atoms with E-state index in [9.17, 15) is 0 Å². The lowest BCUT2D eigenvalue weighted by Gasteiger charge is -2.37. The van der Waals surface area contributed by atoms with Crippen LogP contribution >= 0.6 is 0 Å². The number of nitrogens with one attached hydrogen (secondary N) is 1. The fourth-order valence-corrected chi connectivity index (χ4v) is 4.38. The van der Waals surface area contributed by atoms with Crippen LogP contribution in [0.3, 0.4) is 0 Å². The summed E-state index contributed by atoms with van der Waals surface area (Å²) in [4.78, 5) is 1.95. The van der Waals surface area contributed by atoms with Crippen molar-refractivity contribution in [2.45, 2.75) is 57.0 Å². The topological polar surface area (TPSA) is 21.1 Å². The van der Waals surface area contributed by atoms with E-state index in [4.69, 9.17) is 0 Å². The molecular formula is C13H26N2+2. The minimum absolute atomic E-state index is 0.997. The Morgan fingerprint density at radius 3 is 2.60 bits per heavy atom. The summed E-state index contributed by atoms with van der Waals surface area (Å²) in [6.07, 6.45) is 10.6. The summed E-state index contributed by atoms with van der Waals surface area (Å²) in [5.41, 5.74) is 0. The zero-order chi connectivity index (χ0) is 10.1. The van der Waals surface area contributed by atoms with Crippen LogP contribution in [0.15, 0.2) is 0 Å². The Kier molecular flexibility index (Phi) is 2.98. The minimum Gasteiger partial charge on any atom is -0.334 e. The van der Waals surface area contributed by atoms with E-state index in [0.29, 0.717) is 0 Å². The Hall–Kier alpha value is -0.0800. The summed E-state index contributed by atoms with van der Waals surface area (Å²) >= 11 is 0. The summed E-state index contributed by atoms with van der Waals surface area (Å²) in [6, 6.07) is 2.03. The molecule has 1 aliphatic carbocycles. The zero-order valence-electron chi connectivity index (χ0n) is 9.88. The second kappa shape index (κ2) is 4.42. The van der Waals surface area contributed by atoms with E-state index >= 15 is 0 Å². The molecule has 3 rings (SSSR count). The number of fused-ring (bicyclic) bond motifs is 1. The molecule has 0 radical (unpaired) electrons. The van der Waals surface area contributed by atoms with Crippen LogP contribution in [0, 0.1) is 5.92 Å². The smallest absolute Gasteiger partial charge is 0.141 e. The third-order valence-corrected chi connectivity index (χ3v) is 5.10. The van der Waals surface area contributed by atoms with E-state index in [2.05, 4.69) is 5.32 Å². The van der Waals surface area contributed by atoms with Gasteiger partial charge in [-0.2, -0.15) is 0 Å². The van der Waals surface area contributed by atoms with Crippen molar-refractivity contribution in [2.75, 3.05) is 19.6 Å². The van der Waals surface area contributed by atoms with E-state index in [1.54, 1.807) is 0 Å². The molecule has 2 nitrogen and oxygen atoms in total. The van der Waals surface area contributed by atoms with Crippen molar-refractivity contribution in [1.29, 1.82) is 0 Å². The van der Waals surface area contributed by atoms with E-state index < -0.39 is 0 Å². The Morgan fingerprint density at radius 1 is 0.867 bits per heavy atom. The molecule has 3 atom stereocenters. The van der Waals surface area contributed by atoms with Gasteiger partial charge in [-0.25, -0.2) is 0 Å². The molecule has 3 fully saturated rings. The summed E-state index contributed by atoms with van der Waals surface area (Å²) in [7, 11) is 0. The lowest BCUT2D eigenvalue weighted by atomic mass is 9.80. The third kappa shape index (κ3) is 1.94. The molecule has 2 aliphatic heterocycles. The molecule has 0 aromatic heterocycles. The van der Waals surface area contributed by atoms with Gasteiger partial charge in [-0.3, -0.25) is 0 Å². The van der Waals surface area contributed by atoms with Gasteiger partial charge in [-0.05, 0) is 12.8 Å². The molecule has 1 saturated carbocycles. The summed E-state index contributed by atoms with van der Waals surface area (Å²) in [5, 5.41) is 2.70. The Labute approximate surface area is 93.4 Å². The minimum atomic E-state index is 0.997. The molecule has 0 bridgehead atoms. The first kappa shape index (κ1) is 10.1. The van der Waals surface area contributed by atoms with Crippen LogP contribution in [0.5, 0.6) is 0 Å². The quantitative estimate of drug-likeness (QED) is 0.585. The molecule has 1 unspecified atom stereocenters. The molecule has 15 heavy (non-hydrogen) atoms. The molecule has 86 valence electrons. The third-order valence-electron chi connectivity index (χ3n) is 5.10. The van der Waals surface area contributed by atoms with Crippen molar-refractivity contribution in [3.63, 3.8) is 0 Å². The number of hydrogen-bond donors (Lipinski definition) is 2. The molecule has 3 N–H and O–H groups in total. The van der Waals surface area contributed by atoms with Crippen LogP contribution in [0.1, 0.15) is 44.9 Å². The summed E-state index contributed by atoms with van der Waals surface area (Å²) in [6.45, 7) is 4.31. The number of hydrogen-bond acceptors (Lipinski definition) is 0. The lowest BCUT2D eigenvalue weighted by Crippen LogP contribution is -3.24. The molecule has 2 heteroatoms. The fourth-order valence-electron chi connectivity index (χ4n) is 4.38. The first-order chi connectivity index (χ1) is 7.45. The van der Waals surface area contributed by atoms with Crippen molar-refractivity contribution in [3.8, 4) is 0 Å². The monoisotopic (exact) mass is 210 g/mol. The number of rotatable bonds is 1. The maximum absolute atomic E-state index is 2.70. The maximum Gasteiger partial charge on any atom is 0.141 e. The standard InChI is InChI=1S/C13H24N2/c1-2-5-11(6-3-1)13-12-7-4-9-15(12)10-8-14-13/h11-14H,1-10H2/p+2/t12-,13+/m0/s1. The Bertz CT molecular complexity index is 211. The van der Waals surface area contributed by atoms with Crippen molar-refractivity contribution in [1.82, 2.24) is 0 Å². The normalized spacial score (nSPS) is 42.8. The molecule has 2 heterocycles. The van der Waals surface area contributed by atoms with E-state index in [-0.39, 0.29) is 0 Å². The van der Waals surface area contributed by atoms with Gasteiger partial charge in [-0.1, -0.05) is 19.3 Å². The number of piperazine rings is 1. The van der Waals surface area contributed by atoms with Crippen molar-refractivity contribution in [2.24, 2.45) is 5.92 Å². The van der Waals surface area contributed by atoms with Gasteiger partial charge in [-0.15, -0.1) is 0 Å². The maximum atomic E-state index is 2.70. The predicted molar refractivity (Wildman–Crippen MR) is 60.9 cm³/mol. The Balaban J connectivity index is 1.67. The van der Waals surface area contributed by atoms with Crippen LogP contribution in [0.2, 0.25) is 0 Å². The molecule has 2 saturated heterocycles. The zero-order valence-corrected chi connectivity index (χ0v) is 9.88. The average Bonchev–Trinajstić information content (AvgIpc) is 2.78. The van der Waals surface area contributed by atoms with E-state index in [0.717, 1.165) is 18.0 Å². The van der Waals surface area contributed by atoms with Crippen LogP contribution in [-0.2, 0) is 0 Å². The van der Waals surface area contributed by atoms with Crippen molar-refractivity contribution in [3.05, 3.63) is 0 Å². The highest BCUT2D eigenvalue weighted by Crippen LogP contribution is 2.27. The lowest BCUT2D eigenvalue weighted by molar-refractivity contribution is -0.972. The van der Waals surface area contributed by atoms with Crippen LogP contribution < -0.4 is 10.2 Å². The van der Waals surface area contributed by atoms with Gasteiger partial charge in [0.05, 0.1) is 6.54 Å². The Morgan fingerprint density at radius 2 is 1.73 bits per heavy atom. The molecule has 0 spiro atoms. The van der Waals surface area contributed by atoms with E-state index in [1.807, 2.05) is 4.90 Å². The first-order valence-electron chi connectivity index (χ1n) is 7.13. The molecule has 0 aromatic rings. The number of nitrogens with two attached hydrogens (primary N) is 1. The predicted octanol–water partition coefficient (Wildman–Crippen LogP) is -0.440. The van der Waals surface area contributed by atoms with Crippen molar-refractivity contribution < 1.29 is 10.2 Å². The van der Waals surface area contributed by atoms with E-state index in [1.165, 1.54) is 64.6 Å². The van der Waals surface area contributed by atoms with Crippen LogP contribution in [0.25, 0.3) is 0 Å². The van der Waals surface area contributed by atoms with Gasteiger partial charge >= 0.3 is 0 Å². The number of quaternary nitrogens is 2. The van der Waals surface area contributed by atoms with Gasteiger partial charge in [0, 0.05) is 18.8 Å². The molecular weight excluding hydrogens is 184 g/mol. The average molecular weight is 210 g/mol. The van der Waals surface area contributed by atoms with Crippen LogP contribution in [-0.4, -0.2) is 31.7 Å². The van der Waals surface area contributed by atoms with Gasteiger partial charge in [0.25, 0.3) is 0 Å². The highest BCUT2D eigenvalue weighted by atomic mass is 15.2. The largest absolute Gasteiger partial charge is 0.334 e. The highest BCUT2D eigenvalue weighted by Gasteiger charge is 2.44. The second-order valence-corrected chi connectivity index (χ2v) is 5.91. The molecule has 0 aromatic carbocycles. The summed E-state index contributed by atoms with van der Waals surface area (Å²) < 4.78 is 0. The van der Waals surface area contributed by atoms with Crippen molar-refractivity contribution >= 4 is 0 Å².